The van der Waals surface area contributed by atoms with E-state index in [1.165, 1.54) is 0 Å². The smallest absolute Gasteiger partial charge is 0.274 e. The zero-order valence-corrected chi connectivity index (χ0v) is 18.2. The quantitative estimate of drug-likeness (QED) is 0.357. The number of halogens is 4. The molecule has 4 rings (SSSR count). The van der Waals surface area contributed by atoms with E-state index in [1.54, 1.807) is 53.3 Å². The van der Waals surface area contributed by atoms with Crippen molar-refractivity contribution >= 4 is 58.1 Å². The average Bonchev–Trinajstić information content (AvgIpc) is 3.35. The lowest BCUT2D eigenvalue weighted by Gasteiger charge is -2.04. The number of amides is 1. The van der Waals surface area contributed by atoms with Crippen molar-refractivity contribution in [2.75, 3.05) is 5.32 Å². The Morgan fingerprint density at radius 1 is 0.967 bits per heavy atom. The van der Waals surface area contributed by atoms with Gasteiger partial charge in [-0.15, -0.1) is 0 Å². The predicted molar refractivity (Wildman–Crippen MR) is 120 cm³/mol. The fourth-order valence-corrected chi connectivity index (χ4v) is 3.62. The van der Waals surface area contributed by atoms with Crippen LogP contribution in [-0.4, -0.2) is 25.9 Å². The van der Waals surface area contributed by atoms with Gasteiger partial charge in [-0.2, -0.15) is 10.2 Å². The second-order valence-electron chi connectivity index (χ2n) is 6.39. The number of rotatable bonds is 5. The van der Waals surface area contributed by atoms with Crippen molar-refractivity contribution in [2.24, 2.45) is 0 Å². The summed E-state index contributed by atoms with van der Waals surface area (Å²) in [7, 11) is 0. The second-order valence-corrected chi connectivity index (χ2v) is 8.05. The summed E-state index contributed by atoms with van der Waals surface area (Å²) < 4.78 is 1.68. The number of hydrogen-bond acceptors (Lipinski definition) is 3. The Labute approximate surface area is 191 Å². The van der Waals surface area contributed by atoms with Crippen molar-refractivity contribution in [1.82, 2.24) is 20.0 Å². The van der Waals surface area contributed by atoms with E-state index in [9.17, 15) is 4.79 Å². The monoisotopic (exact) mass is 479 g/mol. The molecule has 0 aliphatic heterocycles. The molecule has 0 atom stereocenters. The molecule has 1 amide bonds. The minimum absolute atomic E-state index is 0.273. The molecule has 0 fully saturated rings. The molecule has 6 nitrogen and oxygen atoms in total. The molecule has 4 aromatic rings. The Morgan fingerprint density at radius 2 is 1.80 bits per heavy atom. The van der Waals surface area contributed by atoms with Gasteiger partial charge in [0.05, 0.1) is 27.3 Å². The van der Waals surface area contributed by atoms with Crippen LogP contribution in [0.3, 0.4) is 0 Å². The number of aromatic nitrogens is 4. The number of carbonyl (C=O) groups excluding carboxylic acids is 1. The first kappa shape index (κ1) is 20.8. The van der Waals surface area contributed by atoms with E-state index >= 15 is 0 Å². The van der Waals surface area contributed by atoms with Gasteiger partial charge < -0.3 is 5.32 Å². The van der Waals surface area contributed by atoms with Crippen LogP contribution in [0.15, 0.2) is 54.7 Å². The summed E-state index contributed by atoms with van der Waals surface area (Å²) in [6, 6.07) is 13.7. The lowest BCUT2D eigenvalue weighted by atomic mass is 10.1. The summed E-state index contributed by atoms with van der Waals surface area (Å²) in [6.45, 7) is 0.482. The zero-order chi connectivity index (χ0) is 21.3. The summed E-state index contributed by atoms with van der Waals surface area (Å²) in [6.07, 6.45) is 1.75. The number of benzene rings is 2. The van der Waals surface area contributed by atoms with Gasteiger partial charge >= 0.3 is 0 Å². The third-order valence-electron chi connectivity index (χ3n) is 4.24. The highest BCUT2D eigenvalue weighted by Crippen LogP contribution is 2.29. The van der Waals surface area contributed by atoms with Crippen LogP contribution in [0.4, 0.5) is 5.82 Å². The maximum Gasteiger partial charge on any atom is 0.274 e. The SMILES string of the molecule is O=C(Nc1ccn(Cc2ccc(Cl)c(Cl)c2)n1)c1cc(-c2ccc(Cl)cc2Cl)n[nH]1. The van der Waals surface area contributed by atoms with E-state index in [0.717, 1.165) is 5.56 Å². The maximum atomic E-state index is 12.5. The Hall–Kier alpha value is -2.51. The number of anilines is 1. The number of nitrogens with zero attached hydrogens (tertiary/aromatic N) is 3. The highest BCUT2D eigenvalue weighted by molar-refractivity contribution is 6.42. The van der Waals surface area contributed by atoms with Crippen LogP contribution < -0.4 is 5.32 Å². The molecular weight excluding hydrogens is 468 g/mol. The van der Waals surface area contributed by atoms with Crippen molar-refractivity contribution in [3.8, 4) is 11.3 Å². The van der Waals surface area contributed by atoms with Crippen LogP contribution in [0.5, 0.6) is 0 Å². The van der Waals surface area contributed by atoms with Crippen molar-refractivity contribution < 1.29 is 4.79 Å². The van der Waals surface area contributed by atoms with Crippen molar-refractivity contribution in [2.45, 2.75) is 6.54 Å². The molecule has 2 heterocycles. The first-order valence-electron chi connectivity index (χ1n) is 8.68. The van der Waals surface area contributed by atoms with E-state index in [-0.39, 0.29) is 11.6 Å². The lowest BCUT2D eigenvalue weighted by Crippen LogP contribution is -2.13. The third-order valence-corrected chi connectivity index (χ3v) is 5.53. The Morgan fingerprint density at radius 3 is 2.57 bits per heavy atom. The standard InChI is InChI=1S/C20H13Cl4N5O/c21-12-2-3-13(15(23)8-12)17-9-18(27-26-17)20(30)25-19-5-6-29(28-19)10-11-1-4-14(22)16(24)7-11/h1-9H,10H2,(H,26,27)(H,25,28,30). The fourth-order valence-electron chi connectivity index (χ4n) is 2.80. The van der Waals surface area contributed by atoms with Gasteiger partial charge in [-0.25, -0.2) is 0 Å². The zero-order valence-electron chi connectivity index (χ0n) is 15.2. The Balaban J connectivity index is 1.44. The van der Waals surface area contributed by atoms with Crippen LogP contribution in [0, 0.1) is 0 Å². The topological polar surface area (TPSA) is 75.6 Å². The van der Waals surface area contributed by atoms with E-state index in [2.05, 4.69) is 20.6 Å². The van der Waals surface area contributed by atoms with Crippen molar-refractivity contribution in [1.29, 1.82) is 0 Å². The molecule has 2 N–H and O–H groups in total. The highest BCUT2D eigenvalue weighted by atomic mass is 35.5. The molecule has 10 heteroatoms. The van der Waals surface area contributed by atoms with E-state index in [1.807, 2.05) is 6.07 Å². The first-order chi connectivity index (χ1) is 14.4. The number of aromatic amines is 1. The molecule has 0 bridgehead atoms. The predicted octanol–water partition coefficient (Wildman–Crippen LogP) is 6.19. The average molecular weight is 481 g/mol. The van der Waals surface area contributed by atoms with Gasteiger partial charge in [-0.1, -0.05) is 52.5 Å². The molecule has 0 saturated carbocycles. The van der Waals surface area contributed by atoms with E-state index < -0.39 is 0 Å². The minimum atomic E-state index is -0.376. The number of carbonyl (C=O) groups is 1. The van der Waals surface area contributed by atoms with E-state index in [4.69, 9.17) is 46.4 Å². The van der Waals surface area contributed by atoms with Crippen LogP contribution >= 0.6 is 46.4 Å². The van der Waals surface area contributed by atoms with Crippen LogP contribution in [-0.2, 0) is 6.54 Å². The number of H-pyrrole nitrogens is 1. The van der Waals surface area contributed by atoms with Gasteiger partial charge in [0.25, 0.3) is 5.91 Å². The molecule has 0 aliphatic carbocycles. The molecule has 2 aromatic heterocycles. The molecule has 0 aliphatic rings. The summed E-state index contributed by atoms with van der Waals surface area (Å²) in [5, 5.41) is 15.9. The number of hydrogen-bond donors (Lipinski definition) is 2. The lowest BCUT2D eigenvalue weighted by molar-refractivity contribution is 0.102. The Kier molecular flexibility index (Phi) is 6.01. The first-order valence-corrected chi connectivity index (χ1v) is 10.2. The summed E-state index contributed by atoms with van der Waals surface area (Å²) in [4.78, 5) is 12.5. The maximum absolute atomic E-state index is 12.5. The van der Waals surface area contributed by atoms with Gasteiger partial charge in [-0.3, -0.25) is 14.6 Å². The summed E-state index contributed by atoms with van der Waals surface area (Å²) in [5.74, 6) is 0.0272. The molecule has 2 aromatic carbocycles. The third kappa shape index (κ3) is 4.63. The van der Waals surface area contributed by atoms with Crippen LogP contribution in [0.2, 0.25) is 20.1 Å². The molecule has 0 spiro atoms. The highest BCUT2D eigenvalue weighted by Gasteiger charge is 2.14. The second kappa shape index (κ2) is 8.70. The number of nitrogens with one attached hydrogen (secondary N) is 2. The van der Waals surface area contributed by atoms with Gasteiger partial charge in [-0.05, 0) is 42.0 Å². The molecule has 30 heavy (non-hydrogen) atoms. The minimum Gasteiger partial charge on any atom is -0.304 e. The van der Waals surface area contributed by atoms with Crippen molar-refractivity contribution in [3.63, 3.8) is 0 Å². The Bertz CT molecular complexity index is 1230. The molecule has 0 radical (unpaired) electrons. The molecule has 0 saturated heterocycles. The summed E-state index contributed by atoms with van der Waals surface area (Å²) in [5.41, 5.74) is 2.41. The van der Waals surface area contributed by atoms with Crippen molar-refractivity contribution in [3.05, 3.63) is 86.1 Å². The molecule has 152 valence electrons. The normalized spacial score (nSPS) is 10.9. The molecule has 0 unspecified atom stereocenters. The van der Waals surface area contributed by atoms with E-state index in [0.29, 0.717) is 43.7 Å². The largest absolute Gasteiger partial charge is 0.304 e. The summed E-state index contributed by atoms with van der Waals surface area (Å²) >= 11 is 24.1. The van der Waals surface area contributed by atoms with Gasteiger partial charge in [0.15, 0.2) is 5.82 Å². The fraction of sp³-hybridized carbons (Fsp3) is 0.0500. The molecular formula is C20H13Cl4N5O. The van der Waals surface area contributed by atoms with Crippen LogP contribution in [0.25, 0.3) is 11.3 Å². The van der Waals surface area contributed by atoms with Crippen LogP contribution in [0.1, 0.15) is 16.1 Å². The van der Waals surface area contributed by atoms with Gasteiger partial charge in [0.2, 0.25) is 0 Å². The van der Waals surface area contributed by atoms with Gasteiger partial charge in [0.1, 0.15) is 5.69 Å². The van der Waals surface area contributed by atoms with Gasteiger partial charge in [0, 0.05) is 22.8 Å².